The second kappa shape index (κ2) is 6.10. The van der Waals surface area contributed by atoms with E-state index in [4.69, 9.17) is 5.73 Å². The van der Waals surface area contributed by atoms with Gasteiger partial charge in [-0.3, -0.25) is 4.90 Å². The molecule has 0 aliphatic carbocycles. The number of nitrogens with two attached hydrogens (primary N) is 1. The van der Waals surface area contributed by atoms with E-state index in [1.165, 1.54) is 6.26 Å². The molecule has 2 N–H and O–H groups in total. The van der Waals surface area contributed by atoms with Crippen molar-refractivity contribution in [3.05, 3.63) is 48.5 Å². The Bertz CT molecular complexity index is 956. The van der Waals surface area contributed by atoms with Crippen LogP contribution in [0.4, 0.5) is 10.5 Å². The highest BCUT2D eigenvalue weighted by Gasteiger charge is 2.44. The maximum absolute atomic E-state index is 12.6. The smallest absolute Gasteiger partial charge is 0.324 e. The SMILES string of the molecule is CS(=O)(=O)c1ccccc1-c1ccc(N2C[C@@H]3[C@H](N)CCN3C2=O)cc1. The first-order valence-corrected chi connectivity index (χ1v) is 10.5. The van der Waals surface area contributed by atoms with Gasteiger partial charge in [0.25, 0.3) is 0 Å². The van der Waals surface area contributed by atoms with E-state index in [9.17, 15) is 13.2 Å². The zero-order chi connectivity index (χ0) is 18.5. The molecule has 2 saturated heterocycles. The average molecular weight is 371 g/mol. The molecule has 7 heteroatoms. The number of carbonyl (C=O) groups excluding carboxylic acids is 1. The van der Waals surface area contributed by atoms with Crippen molar-refractivity contribution in [3.8, 4) is 11.1 Å². The summed E-state index contributed by atoms with van der Waals surface area (Å²) in [6.07, 6.45) is 2.06. The molecule has 2 aromatic rings. The lowest BCUT2D eigenvalue weighted by molar-refractivity contribution is 0.218. The van der Waals surface area contributed by atoms with Gasteiger partial charge in [-0.25, -0.2) is 13.2 Å². The van der Waals surface area contributed by atoms with Gasteiger partial charge in [-0.2, -0.15) is 0 Å². The average Bonchev–Trinajstić information content (AvgIpc) is 3.15. The molecule has 0 bridgehead atoms. The Morgan fingerprint density at radius 1 is 1.08 bits per heavy atom. The Hall–Kier alpha value is -2.38. The first kappa shape index (κ1) is 17.1. The van der Waals surface area contributed by atoms with E-state index in [-0.39, 0.29) is 18.1 Å². The summed E-state index contributed by atoms with van der Waals surface area (Å²) in [5.74, 6) is 0. The molecule has 4 rings (SSSR count). The standard InChI is InChI=1S/C19H21N3O3S/c1-26(24,25)18-5-3-2-4-15(18)13-6-8-14(9-7-13)22-12-17-16(20)10-11-21(17)19(22)23/h2-9,16-17H,10-12,20H2,1H3/t16-,17-/m1/s1. The van der Waals surface area contributed by atoms with Gasteiger partial charge in [-0.05, 0) is 30.2 Å². The van der Waals surface area contributed by atoms with E-state index in [2.05, 4.69) is 0 Å². The van der Waals surface area contributed by atoms with Gasteiger partial charge in [0.05, 0.1) is 10.9 Å². The minimum absolute atomic E-state index is 0.00719. The first-order chi connectivity index (χ1) is 12.4. The molecule has 2 aromatic carbocycles. The first-order valence-electron chi connectivity index (χ1n) is 8.59. The molecule has 2 amide bonds. The number of sulfone groups is 1. The zero-order valence-corrected chi connectivity index (χ0v) is 15.3. The second-order valence-electron chi connectivity index (χ2n) is 6.92. The number of hydrogen-bond acceptors (Lipinski definition) is 4. The highest BCUT2D eigenvalue weighted by Crippen LogP contribution is 2.32. The summed E-state index contributed by atoms with van der Waals surface area (Å²) in [5.41, 5.74) is 8.37. The van der Waals surface area contributed by atoms with Crippen LogP contribution in [0, 0.1) is 0 Å². The molecular formula is C19H21N3O3S. The van der Waals surface area contributed by atoms with Crippen LogP contribution in [0.3, 0.4) is 0 Å². The number of nitrogens with zero attached hydrogens (tertiary/aromatic N) is 2. The van der Waals surface area contributed by atoms with Gasteiger partial charge in [0, 0.05) is 36.6 Å². The van der Waals surface area contributed by atoms with Crippen LogP contribution < -0.4 is 10.6 Å². The highest BCUT2D eigenvalue weighted by molar-refractivity contribution is 7.90. The van der Waals surface area contributed by atoms with E-state index >= 15 is 0 Å². The second-order valence-corrected chi connectivity index (χ2v) is 8.91. The van der Waals surface area contributed by atoms with Crippen LogP contribution >= 0.6 is 0 Å². The largest absolute Gasteiger partial charge is 0.326 e. The quantitative estimate of drug-likeness (QED) is 0.896. The maximum atomic E-state index is 12.6. The molecule has 2 heterocycles. The third kappa shape index (κ3) is 2.77. The number of amides is 2. The van der Waals surface area contributed by atoms with E-state index in [1.54, 1.807) is 23.1 Å². The molecule has 0 saturated carbocycles. The van der Waals surface area contributed by atoms with Crippen LogP contribution in [0.15, 0.2) is 53.4 Å². The summed E-state index contributed by atoms with van der Waals surface area (Å²) in [7, 11) is -3.32. The van der Waals surface area contributed by atoms with Crippen LogP contribution in [0.1, 0.15) is 6.42 Å². The van der Waals surface area contributed by atoms with Gasteiger partial charge in [0.1, 0.15) is 0 Å². The third-order valence-electron chi connectivity index (χ3n) is 5.22. The van der Waals surface area contributed by atoms with Crippen molar-refractivity contribution in [1.82, 2.24) is 4.90 Å². The Labute approximate surface area is 153 Å². The molecule has 0 unspecified atom stereocenters. The van der Waals surface area contributed by atoms with Crippen LogP contribution in [-0.2, 0) is 9.84 Å². The minimum atomic E-state index is -3.32. The van der Waals surface area contributed by atoms with Crippen molar-refractivity contribution < 1.29 is 13.2 Å². The maximum Gasteiger partial charge on any atom is 0.324 e. The molecule has 2 atom stereocenters. The molecule has 136 valence electrons. The van der Waals surface area contributed by atoms with E-state index in [1.807, 2.05) is 35.2 Å². The van der Waals surface area contributed by atoms with Gasteiger partial charge in [-0.15, -0.1) is 0 Å². The lowest BCUT2D eigenvalue weighted by Gasteiger charge is -2.18. The van der Waals surface area contributed by atoms with Crippen molar-refractivity contribution in [2.75, 3.05) is 24.2 Å². The summed E-state index contributed by atoms with van der Waals surface area (Å²) in [5, 5.41) is 0. The lowest BCUT2D eigenvalue weighted by atomic mass is 10.0. The Morgan fingerprint density at radius 3 is 2.42 bits per heavy atom. The van der Waals surface area contributed by atoms with Crippen LogP contribution in [0.25, 0.3) is 11.1 Å². The highest BCUT2D eigenvalue weighted by atomic mass is 32.2. The fourth-order valence-corrected chi connectivity index (χ4v) is 4.75. The van der Waals surface area contributed by atoms with Crippen molar-refractivity contribution >= 4 is 21.6 Å². The number of rotatable bonds is 3. The monoisotopic (exact) mass is 371 g/mol. The molecular weight excluding hydrogens is 350 g/mol. The molecule has 0 aromatic heterocycles. The van der Waals surface area contributed by atoms with Crippen LogP contribution in [0.2, 0.25) is 0 Å². The Morgan fingerprint density at radius 2 is 1.77 bits per heavy atom. The molecule has 0 spiro atoms. The molecule has 2 aliphatic heterocycles. The van der Waals surface area contributed by atoms with E-state index in [0.29, 0.717) is 23.5 Å². The van der Waals surface area contributed by atoms with Gasteiger partial charge >= 0.3 is 6.03 Å². The number of fused-ring (bicyclic) bond motifs is 1. The van der Waals surface area contributed by atoms with Gasteiger partial charge in [-0.1, -0.05) is 30.3 Å². The normalized spacial score (nSPS) is 22.8. The van der Waals surface area contributed by atoms with Gasteiger partial charge in [0.2, 0.25) is 0 Å². The van der Waals surface area contributed by atoms with Crippen molar-refractivity contribution in [3.63, 3.8) is 0 Å². The fraction of sp³-hybridized carbons (Fsp3) is 0.316. The molecule has 6 nitrogen and oxygen atoms in total. The van der Waals surface area contributed by atoms with Crippen LogP contribution in [0.5, 0.6) is 0 Å². The van der Waals surface area contributed by atoms with Crippen molar-refractivity contribution in [2.45, 2.75) is 23.4 Å². The molecule has 2 aliphatic rings. The van der Waals surface area contributed by atoms with Crippen molar-refractivity contribution in [2.24, 2.45) is 5.73 Å². The summed E-state index contributed by atoms with van der Waals surface area (Å²) < 4.78 is 24.0. The number of anilines is 1. The molecule has 0 radical (unpaired) electrons. The topological polar surface area (TPSA) is 83.7 Å². The van der Waals surface area contributed by atoms with E-state index < -0.39 is 9.84 Å². The number of hydrogen-bond donors (Lipinski definition) is 1. The summed E-state index contributed by atoms with van der Waals surface area (Å²) >= 11 is 0. The zero-order valence-electron chi connectivity index (χ0n) is 14.5. The summed E-state index contributed by atoms with van der Waals surface area (Å²) in [6.45, 7) is 1.31. The number of urea groups is 1. The summed E-state index contributed by atoms with van der Waals surface area (Å²) in [6, 6.07) is 14.5. The Balaban J connectivity index is 1.64. The van der Waals surface area contributed by atoms with Gasteiger partial charge < -0.3 is 10.6 Å². The predicted molar refractivity (Wildman–Crippen MR) is 101 cm³/mol. The number of benzene rings is 2. The lowest BCUT2D eigenvalue weighted by Crippen LogP contribution is -2.37. The van der Waals surface area contributed by atoms with Crippen LogP contribution in [-0.4, -0.2) is 50.8 Å². The third-order valence-corrected chi connectivity index (χ3v) is 6.38. The van der Waals surface area contributed by atoms with Crippen molar-refractivity contribution in [1.29, 1.82) is 0 Å². The number of carbonyl (C=O) groups is 1. The molecule has 2 fully saturated rings. The summed E-state index contributed by atoms with van der Waals surface area (Å²) in [4.78, 5) is 16.5. The predicted octanol–water partition coefficient (Wildman–Crippen LogP) is 2.10. The van der Waals surface area contributed by atoms with E-state index in [0.717, 1.165) is 17.7 Å². The minimum Gasteiger partial charge on any atom is -0.326 e. The Kier molecular flexibility index (Phi) is 4.00. The van der Waals surface area contributed by atoms with Gasteiger partial charge in [0.15, 0.2) is 9.84 Å². The molecule has 26 heavy (non-hydrogen) atoms. The fourth-order valence-electron chi connectivity index (χ4n) is 3.83.